The number of nitrogens with two attached hydrogens (primary N) is 1. The monoisotopic (exact) mass is 249 g/mol. The first-order valence-corrected chi connectivity index (χ1v) is 5.49. The van der Waals surface area contributed by atoms with E-state index in [2.05, 4.69) is 5.43 Å². The number of benzene rings is 1. The molecule has 2 aromatic rings. The lowest BCUT2D eigenvalue weighted by molar-refractivity contribution is -0.125. The average molecular weight is 249 g/mol. The van der Waals surface area contributed by atoms with Gasteiger partial charge >= 0.3 is 5.76 Å². The van der Waals surface area contributed by atoms with E-state index in [0.29, 0.717) is 11.1 Å². The number of carbonyl (C=O) groups excluding carboxylic acids is 1. The molecule has 2 rings (SSSR count). The van der Waals surface area contributed by atoms with Crippen molar-refractivity contribution in [3.63, 3.8) is 0 Å². The molecular formula is C12H15N3O3. The molecule has 6 nitrogen and oxygen atoms in total. The number of hydrazine groups is 1. The van der Waals surface area contributed by atoms with Crippen LogP contribution in [-0.2, 0) is 17.3 Å². The van der Waals surface area contributed by atoms with E-state index in [1.807, 2.05) is 0 Å². The fourth-order valence-corrected chi connectivity index (χ4v) is 1.83. The van der Waals surface area contributed by atoms with Gasteiger partial charge in [0, 0.05) is 7.05 Å². The zero-order valence-corrected chi connectivity index (χ0v) is 10.5. The molecule has 18 heavy (non-hydrogen) atoms. The van der Waals surface area contributed by atoms with E-state index < -0.39 is 11.2 Å². The Balaban J connectivity index is 2.63. The SMILES string of the molecule is Cn1c(=O)oc2ccc(C(C)(C)C(=O)NN)cc21. The lowest BCUT2D eigenvalue weighted by atomic mass is 9.84. The molecule has 0 unspecified atom stereocenters. The largest absolute Gasteiger partial charge is 0.419 e. The van der Waals surface area contributed by atoms with Crippen LogP contribution in [0.5, 0.6) is 0 Å². The summed E-state index contributed by atoms with van der Waals surface area (Å²) in [5, 5.41) is 0. The number of amides is 1. The molecule has 6 heteroatoms. The van der Waals surface area contributed by atoms with Gasteiger partial charge in [0.15, 0.2) is 5.58 Å². The van der Waals surface area contributed by atoms with Gasteiger partial charge in [0.2, 0.25) is 5.91 Å². The first-order chi connectivity index (χ1) is 8.37. The Labute approximate surface area is 103 Å². The third kappa shape index (κ3) is 1.70. The smallest absolute Gasteiger partial charge is 0.408 e. The highest BCUT2D eigenvalue weighted by molar-refractivity contribution is 5.88. The molecule has 96 valence electrons. The number of oxazole rings is 1. The molecule has 1 aromatic carbocycles. The van der Waals surface area contributed by atoms with Crippen LogP contribution in [0.4, 0.5) is 0 Å². The molecule has 0 atom stereocenters. The van der Waals surface area contributed by atoms with Gasteiger partial charge in [-0.15, -0.1) is 0 Å². The standard InChI is InChI=1S/C12H15N3O3/c1-12(2,10(16)14-13)7-4-5-9-8(6-7)15(3)11(17)18-9/h4-6H,13H2,1-3H3,(H,14,16). The minimum absolute atomic E-state index is 0.296. The van der Waals surface area contributed by atoms with Crippen LogP contribution in [0.25, 0.3) is 11.1 Å². The van der Waals surface area contributed by atoms with Crippen molar-refractivity contribution in [1.29, 1.82) is 0 Å². The van der Waals surface area contributed by atoms with E-state index in [4.69, 9.17) is 10.3 Å². The number of hydrogen-bond donors (Lipinski definition) is 2. The van der Waals surface area contributed by atoms with Gasteiger partial charge in [0.1, 0.15) is 0 Å². The van der Waals surface area contributed by atoms with E-state index in [0.717, 1.165) is 5.56 Å². The van der Waals surface area contributed by atoms with Crippen molar-refractivity contribution in [3.8, 4) is 0 Å². The van der Waals surface area contributed by atoms with Crippen molar-refractivity contribution < 1.29 is 9.21 Å². The fourth-order valence-electron chi connectivity index (χ4n) is 1.83. The summed E-state index contributed by atoms with van der Waals surface area (Å²) in [5.41, 5.74) is 3.26. The molecule has 0 fully saturated rings. The number of nitrogens with one attached hydrogen (secondary N) is 1. The van der Waals surface area contributed by atoms with Gasteiger partial charge in [0.05, 0.1) is 10.9 Å². The van der Waals surface area contributed by atoms with Gasteiger partial charge in [-0.25, -0.2) is 10.6 Å². The van der Waals surface area contributed by atoms with E-state index in [1.165, 1.54) is 4.57 Å². The van der Waals surface area contributed by atoms with Crippen LogP contribution in [0.2, 0.25) is 0 Å². The maximum Gasteiger partial charge on any atom is 0.419 e. The highest BCUT2D eigenvalue weighted by Crippen LogP contribution is 2.26. The third-order valence-electron chi connectivity index (χ3n) is 3.21. The Morgan fingerprint density at radius 2 is 2.11 bits per heavy atom. The van der Waals surface area contributed by atoms with Crippen molar-refractivity contribution in [2.24, 2.45) is 12.9 Å². The van der Waals surface area contributed by atoms with Crippen molar-refractivity contribution >= 4 is 17.0 Å². The molecule has 0 saturated carbocycles. The Bertz CT molecular complexity index is 667. The predicted molar refractivity (Wildman–Crippen MR) is 66.8 cm³/mol. The van der Waals surface area contributed by atoms with Crippen LogP contribution in [0.3, 0.4) is 0 Å². The van der Waals surface area contributed by atoms with Gasteiger partial charge in [-0.1, -0.05) is 6.07 Å². The second-order valence-corrected chi connectivity index (χ2v) is 4.71. The zero-order chi connectivity index (χ0) is 13.5. The van der Waals surface area contributed by atoms with Gasteiger partial charge in [-0.3, -0.25) is 14.8 Å². The second kappa shape index (κ2) is 3.99. The average Bonchev–Trinajstić information content (AvgIpc) is 2.63. The molecule has 1 heterocycles. The van der Waals surface area contributed by atoms with Crippen LogP contribution < -0.4 is 17.0 Å². The van der Waals surface area contributed by atoms with E-state index in [9.17, 15) is 9.59 Å². The highest BCUT2D eigenvalue weighted by atomic mass is 16.4. The number of hydrogen-bond acceptors (Lipinski definition) is 4. The molecule has 0 saturated heterocycles. The molecule has 0 aliphatic heterocycles. The summed E-state index contributed by atoms with van der Waals surface area (Å²) in [6.07, 6.45) is 0. The summed E-state index contributed by atoms with van der Waals surface area (Å²) >= 11 is 0. The summed E-state index contributed by atoms with van der Waals surface area (Å²) in [5.74, 6) is 4.45. The summed E-state index contributed by atoms with van der Waals surface area (Å²) in [6.45, 7) is 3.52. The molecular weight excluding hydrogens is 234 g/mol. The number of aromatic nitrogens is 1. The number of rotatable bonds is 2. The molecule has 3 N–H and O–H groups in total. The first-order valence-electron chi connectivity index (χ1n) is 5.49. The van der Waals surface area contributed by atoms with Gasteiger partial charge in [-0.05, 0) is 31.5 Å². The van der Waals surface area contributed by atoms with Crippen molar-refractivity contribution in [2.75, 3.05) is 0 Å². The lowest BCUT2D eigenvalue weighted by Gasteiger charge is -2.22. The zero-order valence-electron chi connectivity index (χ0n) is 10.5. The van der Waals surface area contributed by atoms with E-state index >= 15 is 0 Å². The number of fused-ring (bicyclic) bond motifs is 1. The van der Waals surface area contributed by atoms with Crippen LogP contribution in [0, 0.1) is 0 Å². The second-order valence-electron chi connectivity index (χ2n) is 4.71. The molecule has 1 aromatic heterocycles. The molecule has 0 bridgehead atoms. The normalized spacial score (nSPS) is 11.8. The predicted octanol–water partition coefficient (Wildman–Crippen LogP) is 0.399. The number of carbonyl (C=O) groups is 1. The Kier molecular flexibility index (Phi) is 2.74. The Morgan fingerprint density at radius 3 is 2.72 bits per heavy atom. The maximum absolute atomic E-state index is 11.7. The van der Waals surface area contributed by atoms with Crippen molar-refractivity contribution in [2.45, 2.75) is 19.3 Å². The van der Waals surface area contributed by atoms with Gasteiger partial charge in [0.25, 0.3) is 0 Å². The minimum atomic E-state index is -0.781. The number of aryl methyl sites for hydroxylation is 1. The lowest BCUT2D eigenvalue weighted by Crippen LogP contribution is -2.43. The summed E-state index contributed by atoms with van der Waals surface area (Å²) in [6, 6.07) is 5.19. The first kappa shape index (κ1) is 12.4. The molecule has 0 aliphatic rings. The van der Waals surface area contributed by atoms with Crippen LogP contribution in [-0.4, -0.2) is 10.5 Å². The quantitative estimate of drug-likeness (QED) is 0.458. The van der Waals surface area contributed by atoms with Crippen LogP contribution >= 0.6 is 0 Å². The van der Waals surface area contributed by atoms with Crippen molar-refractivity contribution in [1.82, 2.24) is 9.99 Å². The van der Waals surface area contributed by atoms with E-state index in [-0.39, 0.29) is 5.91 Å². The van der Waals surface area contributed by atoms with Crippen LogP contribution in [0.15, 0.2) is 27.4 Å². The highest BCUT2D eigenvalue weighted by Gasteiger charge is 2.29. The summed E-state index contributed by atoms with van der Waals surface area (Å²) < 4.78 is 6.43. The van der Waals surface area contributed by atoms with Crippen molar-refractivity contribution in [3.05, 3.63) is 34.3 Å². The number of nitrogens with zero attached hydrogens (tertiary/aromatic N) is 1. The van der Waals surface area contributed by atoms with Gasteiger partial charge in [-0.2, -0.15) is 0 Å². The summed E-state index contributed by atoms with van der Waals surface area (Å²) in [7, 11) is 1.62. The topological polar surface area (TPSA) is 90.3 Å². The Morgan fingerprint density at radius 1 is 1.44 bits per heavy atom. The van der Waals surface area contributed by atoms with Gasteiger partial charge < -0.3 is 4.42 Å². The van der Waals surface area contributed by atoms with Crippen LogP contribution in [0.1, 0.15) is 19.4 Å². The molecule has 0 aliphatic carbocycles. The minimum Gasteiger partial charge on any atom is -0.408 e. The van der Waals surface area contributed by atoms with E-state index in [1.54, 1.807) is 39.1 Å². The third-order valence-corrected chi connectivity index (χ3v) is 3.21. The fraction of sp³-hybridized carbons (Fsp3) is 0.333. The molecule has 0 spiro atoms. The maximum atomic E-state index is 11.7. The molecule has 1 amide bonds. The molecule has 0 radical (unpaired) electrons. The summed E-state index contributed by atoms with van der Waals surface area (Å²) in [4.78, 5) is 23.1. The Hall–Kier alpha value is -2.08.